The van der Waals surface area contributed by atoms with Crippen molar-refractivity contribution in [2.75, 3.05) is 40.0 Å². The van der Waals surface area contributed by atoms with E-state index in [1.165, 1.54) is 7.11 Å². The molecule has 1 aliphatic heterocycles. The van der Waals surface area contributed by atoms with E-state index in [9.17, 15) is 4.79 Å². The molecule has 2 aromatic carbocycles. The number of hydrogen-bond acceptors (Lipinski definition) is 5. The van der Waals surface area contributed by atoms with E-state index in [1.807, 2.05) is 6.07 Å². The van der Waals surface area contributed by atoms with Crippen LogP contribution in [0.4, 0.5) is 0 Å². The van der Waals surface area contributed by atoms with Crippen molar-refractivity contribution in [3.63, 3.8) is 0 Å². The van der Waals surface area contributed by atoms with Crippen molar-refractivity contribution < 1.29 is 19.0 Å². The average molecular weight is 375 g/mol. The summed E-state index contributed by atoms with van der Waals surface area (Å²) in [5.41, 5.74) is 1.16. The molecular formula is C23H21NO4. The lowest BCUT2D eigenvalue weighted by Gasteiger charge is -2.24. The molecule has 5 heteroatoms. The van der Waals surface area contributed by atoms with Crippen molar-refractivity contribution in [3.05, 3.63) is 59.7 Å². The fourth-order valence-corrected chi connectivity index (χ4v) is 2.63. The van der Waals surface area contributed by atoms with Crippen molar-refractivity contribution in [2.24, 2.45) is 0 Å². The molecule has 28 heavy (non-hydrogen) atoms. The van der Waals surface area contributed by atoms with E-state index in [4.69, 9.17) is 14.2 Å². The zero-order valence-electron chi connectivity index (χ0n) is 15.7. The first-order valence-corrected chi connectivity index (χ1v) is 9.00. The first-order chi connectivity index (χ1) is 13.8. The third-order valence-corrected chi connectivity index (χ3v) is 4.14. The smallest absolute Gasteiger partial charge is 0.343 e. The van der Waals surface area contributed by atoms with Crippen LogP contribution < -0.4 is 9.47 Å². The van der Waals surface area contributed by atoms with Gasteiger partial charge in [-0.2, -0.15) is 0 Å². The van der Waals surface area contributed by atoms with Gasteiger partial charge in [0.25, 0.3) is 0 Å². The average Bonchev–Trinajstić information content (AvgIpc) is 2.75. The molecule has 1 heterocycles. The fraction of sp³-hybridized carbons (Fsp3) is 0.261. The summed E-state index contributed by atoms with van der Waals surface area (Å²) in [6.45, 7) is 3.99. The quantitative estimate of drug-likeness (QED) is 0.467. The molecule has 0 bridgehead atoms. The van der Waals surface area contributed by atoms with E-state index >= 15 is 0 Å². The number of esters is 1. The molecule has 0 spiro atoms. The Morgan fingerprint density at radius 1 is 1.07 bits per heavy atom. The molecule has 0 amide bonds. The van der Waals surface area contributed by atoms with Gasteiger partial charge in [0, 0.05) is 24.7 Å². The van der Waals surface area contributed by atoms with Gasteiger partial charge in [0.2, 0.25) is 0 Å². The lowest BCUT2D eigenvalue weighted by molar-refractivity contribution is 0.0443. The van der Waals surface area contributed by atoms with Crippen LogP contribution in [0.1, 0.15) is 15.9 Å². The first-order valence-electron chi connectivity index (χ1n) is 9.00. The van der Waals surface area contributed by atoms with E-state index in [1.54, 1.807) is 42.5 Å². The Hall–Kier alpha value is -3.25. The number of hydrogen-bond donors (Lipinski definition) is 0. The van der Waals surface area contributed by atoms with Gasteiger partial charge < -0.3 is 14.2 Å². The molecule has 142 valence electrons. The Kier molecular flexibility index (Phi) is 7.09. The molecule has 3 rings (SSSR count). The highest BCUT2D eigenvalue weighted by atomic mass is 16.6. The van der Waals surface area contributed by atoms with Crippen LogP contribution in [0.5, 0.6) is 11.5 Å². The Bertz CT molecular complexity index is 926. The molecule has 1 fully saturated rings. The monoisotopic (exact) mass is 375 g/mol. The largest absolute Gasteiger partial charge is 0.493 e. The molecule has 1 aliphatic rings. The minimum Gasteiger partial charge on any atom is -0.493 e. The van der Waals surface area contributed by atoms with E-state index in [0.717, 1.165) is 26.3 Å². The van der Waals surface area contributed by atoms with E-state index in [0.29, 0.717) is 29.2 Å². The zero-order valence-corrected chi connectivity index (χ0v) is 15.7. The fourth-order valence-electron chi connectivity index (χ4n) is 2.63. The van der Waals surface area contributed by atoms with Gasteiger partial charge in [0.15, 0.2) is 11.5 Å². The van der Waals surface area contributed by atoms with E-state index in [2.05, 4.69) is 28.6 Å². The summed E-state index contributed by atoms with van der Waals surface area (Å²) in [6.07, 6.45) is 0. The SMILES string of the molecule is COc1ccc(C#CC#CCN2CCOCC2)cc1OC(=O)c1ccccc1. The Labute approximate surface area is 165 Å². The van der Waals surface area contributed by atoms with E-state index in [-0.39, 0.29) is 0 Å². The van der Waals surface area contributed by atoms with Crippen LogP contribution in [-0.4, -0.2) is 50.8 Å². The van der Waals surface area contributed by atoms with Crippen LogP contribution in [0, 0.1) is 23.7 Å². The highest BCUT2D eigenvalue weighted by Crippen LogP contribution is 2.28. The molecular weight excluding hydrogens is 354 g/mol. The van der Waals surface area contributed by atoms with Crippen LogP contribution in [0.25, 0.3) is 0 Å². The number of rotatable bonds is 4. The molecule has 0 aromatic heterocycles. The zero-order chi connectivity index (χ0) is 19.6. The van der Waals surface area contributed by atoms with Crippen LogP contribution >= 0.6 is 0 Å². The van der Waals surface area contributed by atoms with Gasteiger partial charge in [0.1, 0.15) is 0 Å². The molecule has 2 aromatic rings. The molecule has 0 radical (unpaired) electrons. The minimum atomic E-state index is -0.450. The third kappa shape index (κ3) is 5.62. The molecule has 0 unspecified atom stereocenters. The second-order valence-electron chi connectivity index (χ2n) is 6.06. The maximum Gasteiger partial charge on any atom is 0.343 e. The standard InChI is InChI=1S/C23H21NO4/c1-26-21-12-11-19(8-4-3-7-13-24-14-16-27-17-15-24)18-22(21)28-23(25)20-9-5-2-6-10-20/h2,5-6,9-12,18H,13-17H2,1H3. The van der Waals surface area contributed by atoms with Gasteiger partial charge in [-0.05, 0) is 36.1 Å². The molecule has 1 saturated heterocycles. The maximum absolute atomic E-state index is 12.3. The summed E-state index contributed by atoms with van der Waals surface area (Å²) < 4.78 is 16.1. The predicted molar refractivity (Wildman–Crippen MR) is 106 cm³/mol. The summed E-state index contributed by atoms with van der Waals surface area (Å²) in [7, 11) is 1.53. The molecule has 0 atom stereocenters. The van der Waals surface area contributed by atoms with Gasteiger partial charge in [-0.1, -0.05) is 30.0 Å². The van der Waals surface area contributed by atoms with Gasteiger partial charge in [0.05, 0.1) is 32.4 Å². The van der Waals surface area contributed by atoms with Gasteiger partial charge in [-0.15, -0.1) is 0 Å². The van der Waals surface area contributed by atoms with Gasteiger partial charge in [-0.25, -0.2) is 4.79 Å². The number of methoxy groups -OCH3 is 1. The number of morpholine rings is 1. The molecule has 0 aliphatic carbocycles. The lowest BCUT2D eigenvalue weighted by Crippen LogP contribution is -2.36. The van der Waals surface area contributed by atoms with Crippen molar-refractivity contribution in [2.45, 2.75) is 0 Å². The normalized spacial score (nSPS) is 13.5. The predicted octanol–water partition coefficient (Wildman–Crippen LogP) is 2.60. The van der Waals surface area contributed by atoms with Crippen LogP contribution in [0.2, 0.25) is 0 Å². The second kappa shape index (κ2) is 10.2. The van der Waals surface area contributed by atoms with Crippen LogP contribution in [-0.2, 0) is 4.74 Å². The summed E-state index contributed by atoms with van der Waals surface area (Å²) in [5.74, 6) is 12.1. The van der Waals surface area contributed by atoms with Crippen molar-refractivity contribution >= 4 is 5.97 Å². The number of nitrogens with zero attached hydrogens (tertiary/aromatic N) is 1. The number of ether oxygens (including phenoxy) is 3. The Morgan fingerprint density at radius 2 is 1.86 bits per heavy atom. The Morgan fingerprint density at radius 3 is 2.61 bits per heavy atom. The van der Waals surface area contributed by atoms with Gasteiger partial charge >= 0.3 is 5.97 Å². The lowest BCUT2D eigenvalue weighted by atomic mass is 10.2. The number of carbonyl (C=O) groups is 1. The highest BCUT2D eigenvalue weighted by Gasteiger charge is 2.12. The van der Waals surface area contributed by atoms with E-state index < -0.39 is 5.97 Å². The molecule has 0 saturated carbocycles. The molecule has 5 nitrogen and oxygen atoms in total. The molecule has 0 N–H and O–H groups in total. The number of carbonyl (C=O) groups excluding carboxylic acids is 1. The summed E-state index contributed by atoms with van der Waals surface area (Å²) in [4.78, 5) is 14.5. The van der Waals surface area contributed by atoms with Crippen molar-refractivity contribution in [1.29, 1.82) is 0 Å². The van der Waals surface area contributed by atoms with Crippen LogP contribution in [0.3, 0.4) is 0 Å². The maximum atomic E-state index is 12.3. The first kappa shape index (κ1) is 19.5. The Balaban J connectivity index is 1.67. The summed E-state index contributed by atoms with van der Waals surface area (Å²) >= 11 is 0. The van der Waals surface area contributed by atoms with Gasteiger partial charge in [-0.3, -0.25) is 4.90 Å². The van der Waals surface area contributed by atoms with Crippen molar-refractivity contribution in [3.8, 4) is 35.2 Å². The van der Waals surface area contributed by atoms with Crippen molar-refractivity contribution in [1.82, 2.24) is 4.90 Å². The summed E-state index contributed by atoms with van der Waals surface area (Å²) in [6, 6.07) is 14.0. The second-order valence-corrected chi connectivity index (χ2v) is 6.06. The minimum absolute atomic E-state index is 0.324. The number of benzene rings is 2. The highest BCUT2D eigenvalue weighted by molar-refractivity contribution is 5.91. The third-order valence-electron chi connectivity index (χ3n) is 4.14. The summed E-state index contributed by atoms with van der Waals surface area (Å²) in [5, 5.41) is 0. The topological polar surface area (TPSA) is 48.0 Å². The van der Waals surface area contributed by atoms with Crippen LogP contribution in [0.15, 0.2) is 48.5 Å².